The summed E-state index contributed by atoms with van der Waals surface area (Å²) in [6.45, 7) is 6.44. The van der Waals surface area contributed by atoms with E-state index in [-0.39, 0.29) is 6.10 Å². The number of nitrogens with zero attached hydrogens (tertiary/aromatic N) is 4. The van der Waals surface area contributed by atoms with Gasteiger partial charge in [0, 0.05) is 26.1 Å². The lowest BCUT2D eigenvalue weighted by Crippen LogP contribution is -2.46. The third-order valence-electron chi connectivity index (χ3n) is 3.13. The summed E-state index contributed by atoms with van der Waals surface area (Å²) in [6, 6.07) is 0. The summed E-state index contributed by atoms with van der Waals surface area (Å²) in [5.74, 6) is 1.53. The van der Waals surface area contributed by atoms with Crippen LogP contribution in [0.4, 0.5) is 0 Å². The molecule has 0 radical (unpaired) electrons. The van der Waals surface area contributed by atoms with E-state index in [1.54, 1.807) is 0 Å². The Bertz CT molecular complexity index is 380. The molecule has 0 N–H and O–H groups in total. The minimum Gasteiger partial charge on any atom is -0.374 e. The number of hydrogen-bond acceptors (Lipinski definition) is 6. The van der Waals surface area contributed by atoms with Crippen molar-refractivity contribution in [2.24, 2.45) is 0 Å². The highest BCUT2D eigenvalue weighted by Gasteiger charge is 2.22. The molecule has 0 aromatic carbocycles. The fourth-order valence-corrected chi connectivity index (χ4v) is 2.31. The van der Waals surface area contributed by atoms with Crippen LogP contribution in [-0.4, -0.2) is 66.4 Å². The van der Waals surface area contributed by atoms with Crippen molar-refractivity contribution >= 4 is 0 Å². The molecule has 1 aliphatic rings. The zero-order chi connectivity index (χ0) is 13.7. The first-order valence-electron chi connectivity index (χ1n) is 6.97. The van der Waals surface area contributed by atoms with E-state index < -0.39 is 0 Å². The second kappa shape index (κ2) is 6.98. The maximum atomic E-state index is 5.75. The van der Waals surface area contributed by atoms with Crippen LogP contribution in [0.5, 0.6) is 0 Å². The van der Waals surface area contributed by atoms with Gasteiger partial charge in [0.2, 0.25) is 5.89 Å². The number of aryl methyl sites for hydroxylation is 1. The van der Waals surface area contributed by atoms with Crippen LogP contribution in [-0.2, 0) is 17.7 Å². The molecule has 0 amide bonds. The number of rotatable bonds is 6. The highest BCUT2D eigenvalue weighted by molar-refractivity contribution is 4.87. The molecular formula is C13H24N4O2. The van der Waals surface area contributed by atoms with Gasteiger partial charge in [-0.15, -0.1) is 0 Å². The average molecular weight is 268 g/mol. The van der Waals surface area contributed by atoms with Crippen molar-refractivity contribution in [1.82, 2.24) is 19.9 Å². The number of hydrogen-bond donors (Lipinski definition) is 0. The lowest BCUT2D eigenvalue weighted by atomic mass is 10.2. The molecule has 6 heteroatoms. The zero-order valence-corrected chi connectivity index (χ0v) is 12.1. The molecule has 19 heavy (non-hydrogen) atoms. The quantitative estimate of drug-likeness (QED) is 0.760. The molecule has 0 aliphatic carbocycles. The monoisotopic (exact) mass is 268 g/mol. The van der Waals surface area contributed by atoms with E-state index in [0.717, 1.165) is 57.3 Å². The molecule has 108 valence electrons. The summed E-state index contributed by atoms with van der Waals surface area (Å²) in [5.41, 5.74) is 0. The van der Waals surface area contributed by atoms with Crippen LogP contribution in [0.2, 0.25) is 0 Å². The first kappa shape index (κ1) is 14.4. The topological polar surface area (TPSA) is 54.6 Å². The Hall–Kier alpha value is -0.980. The molecule has 2 rings (SSSR count). The first-order chi connectivity index (χ1) is 9.17. The summed E-state index contributed by atoms with van der Waals surface area (Å²) >= 11 is 0. The van der Waals surface area contributed by atoms with Gasteiger partial charge in [0.15, 0.2) is 5.82 Å². The molecule has 0 saturated carbocycles. The average Bonchev–Trinajstić information content (AvgIpc) is 2.76. The van der Waals surface area contributed by atoms with Gasteiger partial charge < -0.3 is 14.2 Å². The lowest BCUT2D eigenvalue weighted by molar-refractivity contribution is -0.0414. The van der Waals surface area contributed by atoms with Gasteiger partial charge in [-0.25, -0.2) is 0 Å². The molecule has 1 aromatic heterocycles. The Morgan fingerprint density at radius 1 is 1.42 bits per heavy atom. The molecular weight excluding hydrogens is 244 g/mol. The Balaban J connectivity index is 1.83. The highest BCUT2D eigenvalue weighted by Crippen LogP contribution is 2.10. The highest BCUT2D eigenvalue weighted by atomic mass is 16.5. The van der Waals surface area contributed by atoms with E-state index >= 15 is 0 Å². The van der Waals surface area contributed by atoms with Crippen molar-refractivity contribution in [2.45, 2.75) is 32.4 Å². The van der Waals surface area contributed by atoms with Gasteiger partial charge in [0.05, 0.1) is 19.3 Å². The minimum atomic E-state index is 0.269. The molecule has 1 atom stereocenters. The lowest BCUT2D eigenvalue weighted by Gasteiger charge is -2.33. The second-order valence-electron chi connectivity index (χ2n) is 5.34. The standard InChI is InChI=1S/C13H24N4O2/c1-4-5-13-14-12(15-19-13)10-17-6-7-18-11(9-17)8-16(2)3/h11H,4-10H2,1-3H3/t11-/m1/s1. The van der Waals surface area contributed by atoms with Gasteiger partial charge in [-0.3, -0.25) is 4.90 Å². The maximum Gasteiger partial charge on any atom is 0.226 e. The Labute approximate surface area is 114 Å². The van der Waals surface area contributed by atoms with Crippen molar-refractivity contribution in [1.29, 1.82) is 0 Å². The molecule has 0 bridgehead atoms. The van der Waals surface area contributed by atoms with Gasteiger partial charge >= 0.3 is 0 Å². The van der Waals surface area contributed by atoms with E-state index in [4.69, 9.17) is 9.26 Å². The maximum absolute atomic E-state index is 5.75. The molecule has 6 nitrogen and oxygen atoms in total. The molecule has 0 unspecified atom stereocenters. The summed E-state index contributed by atoms with van der Waals surface area (Å²) in [7, 11) is 4.14. The number of ether oxygens (including phenoxy) is 1. The van der Waals surface area contributed by atoms with Gasteiger partial charge in [-0.05, 0) is 20.5 Å². The fraction of sp³-hybridized carbons (Fsp3) is 0.846. The van der Waals surface area contributed by atoms with Crippen LogP contribution in [0.3, 0.4) is 0 Å². The van der Waals surface area contributed by atoms with Crippen molar-refractivity contribution in [3.8, 4) is 0 Å². The fourth-order valence-electron chi connectivity index (χ4n) is 2.31. The van der Waals surface area contributed by atoms with Crippen molar-refractivity contribution < 1.29 is 9.26 Å². The van der Waals surface area contributed by atoms with E-state index in [9.17, 15) is 0 Å². The third kappa shape index (κ3) is 4.56. The van der Waals surface area contributed by atoms with Gasteiger partial charge in [-0.1, -0.05) is 12.1 Å². The predicted octanol–water partition coefficient (Wildman–Crippen LogP) is 0.785. The zero-order valence-electron chi connectivity index (χ0n) is 12.1. The van der Waals surface area contributed by atoms with Crippen LogP contribution >= 0.6 is 0 Å². The smallest absolute Gasteiger partial charge is 0.226 e. The minimum absolute atomic E-state index is 0.269. The van der Waals surface area contributed by atoms with Crippen LogP contribution in [0.15, 0.2) is 4.52 Å². The van der Waals surface area contributed by atoms with Gasteiger partial charge in [0.1, 0.15) is 0 Å². The molecule has 2 heterocycles. The molecule has 1 aromatic rings. The van der Waals surface area contributed by atoms with Crippen molar-refractivity contribution in [3.05, 3.63) is 11.7 Å². The van der Waals surface area contributed by atoms with E-state index in [2.05, 4.69) is 41.0 Å². The summed E-state index contributed by atoms with van der Waals surface area (Å²) in [5, 5.41) is 4.04. The first-order valence-corrected chi connectivity index (χ1v) is 6.97. The van der Waals surface area contributed by atoms with Crippen molar-refractivity contribution in [3.63, 3.8) is 0 Å². The molecule has 1 saturated heterocycles. The van der Waals surface area contributed by atoms with Gasteiger partial charge in [0.25, 0.3) is 0 Å². The Morgan fingerprint density at radius 2 is 2.26 bits per heavy atom. The van der Waals surface area contributed by atoms with Crippen LogP contribution in [0.25, 0.3) is 0 Å². The normalized spacial score (nSPS) is 21.2. The number of morpholine rings is 1. The Morgan fingerprint density at radius 3 is 3.00 bits per heavy atom. The molecule has 0 spiro atoms. The third-order valence-corrected chi connectivity index (χ3v) is 3.13. The van der Waals surface area contributed by atoms with E-state index in [0.29, 0.717) is 0 Å². The van der Waals surface area contributed by atoms with Crippen molar-refractivity contribution in [2.75, 3.05) is 40.3 Å². The number of likely N-dealkylation sites (N-methyl/N-ethyl adjacent to an activating group) is 1. The summed E-state index contributed by atoms with van der Waals surface area (Å²) in [6.07, 6.45) is 2.16. The summed E-state index contributed by atoms with van der Waals surface area (Å²) < 4.78 is 11.0. The second-order valence-corrected chi connectivity index (χ2v) is 5.34. The van der Waals surface area contributed by atoms with Crippen LogP contribution in [0.1, 0.15) is 25.1 Å². The van der Waals surface area contributed by atoms with E-state index in [1.807, 2.05) is 0 Å². The molecule has 1 aliphatic heterocycles. The number of aromatic nitrogens is 2. The predicted molar refractivity (Wildman–Crippen MR) is 71.9 cm³/mol. The van der Waals surface area contributed by atoms with Crippen LogP contribution < -0.4 is 0 Å². The van der Waals surface area contributed by atoms with Gasteiger partial charge in [-0.2, -0.15) is 4.98 Å². The van der Waals surface area contributed by atoms with Crippen LogP contribution in [0, 0.1) is 0 Å². The summed E-state index contributed by atoms with van der Waals surface area (Å²) in [4.78, 5) is 8.90. The Kier molecular flexibility index (Phi) is 5.30. The van der Waals surface area contributed by atoms with E-state index in [1.165, 1.54) is 0 Å². The molecule has 1 fully saturated rings. The largest absolute Gasteiger partial charge is 0.374 e. The SMILES string of the molecule is CCCc1nc(CN2CCO[C@H](CN(C)C)C2)no1.